The molecule has 0 spiro atoms. The number of amides is 2. The highest BCUT2D eigenvalue weighted by Crippen LogP contribution is 2.41. The second-order valence-electron chi connectivity index (χ2n) is 7.54. The van der Waals surface area contributed by atoms with Crippen molar-refractivity contribution in [2.75, 3.05) is 6.54 Å². The molecule has 1 aliphatic carbocycles. The Morgan fingerprint density at radius 2 is 2.00 bits per heavy atom. The van der Waals surface area contributed by atoms with Crippen molar-refractivity contribution in [3.05, 3.63) is 41.5 Å². The zero-order valence-corrected chi connectivity index (χ0v) is 15.8. The van der Waals surface area contributed by atoms with Crippen LogP contribution >= 0.6 is 0 Å². The molecule has 3 atom stereocenters. The van der Waals surface area contributed by atoms with Crippen LogP contribution in [0.25, 0.3) is 0 Å². The summed E-state index contributed by atoms with van der Waals surface area (Å²) in [6, 6.07) is -0.122. The monoisotopic (exact) mass is 368 g/mol. The maximum atomic E-state index is 12.6. The average molecular weight is 368 g/mol. The number of hydrogen-bond acceptors (Lipinski definition) is 5. The molecule has 2 aromatic heterocycles. The highest BCUT2D eigenvalue weighted by molar-refractivity contribution is 5.92. The molecule has 27 heavy (non-hydrogen) atoms. The van der Waals surface area contributed by atoms with Crippen LogP contribution in [0.4, 0.5) is 0 Å². The molecule has 0 bridgehead atoms. The SMILES string of the molecule is Cc1cnc(CNC(=O)c2cn3c(n2)[C@H](C)N(C(=O)[C@H]2C[C@@H]2C)CC3)cn1. The number of nitrogens with zero attached hydrogens (tertiary/aromatic N) is 5. The summed E-state index contributed by atoms with van der Waals surface area (Å²) in [4.78, 5) is 39.9. The second-order valence-corrected chi connectivity index (χ2v) is 7.54. The van der Waals surface area contributed by atoms with Gasteiger partial charge in [-0.25, -0.2) is 4.98 Å². The first-order valence-corrected chi connectivity index (χ1v) is 9.37. The van der Waals surface area contributed by atoms with Gasteiger partial charge in [0.05, 0.1) is 30.2 Å². The van der Waals surface area contributed by atoms with Crippen molar-refractivity contribution in [2.45, 2.75) is 46.3 Å². The largest absolute Gasteiger partial charge is 0.345 e. The van der Waals surface area contributed by atoms with E-state index in [1.165, 1.54) is 0 Å². The van der Waals surface area contributed by atoms with Crippen LogP contribution in [-0.2, 0) is 17.9 Å². The van der Waals surface area contributed by atoms with E-state index < -0.39 is 0 Å². The maximum Gasteiger partial charge on any atom is 0.271 e. The molecule has 3 heterocycles. The molecule has 0 saturated heterocycles. The Balaban J connectivity index is 1.43. The van der Waals surface area contributed by atoms with Crippen LogP contribution in [-0.4, -0.2) is 42.8 Å². The highest BCUT2D eigenvalue weighted by atomic mass is 16.2. The van der Waals surface area contributed by atoms with E-state index in [9.17, 15) is 9.59 Å². The minimum absolute atomic E-state index is 0.122. The number of aromatic nitrogens is 4. The van der Waals surface area contributed by atoms with Gasteiger partial charge in [-0.05, 0) is 26.2 Å². The second kappa shape index (κ2) is 6.75. The molecular formula is C19H24N6O2. The standard InChI is InChI=1S/C19H24N6O2/c1-11-6-15(11)19(27)25-5-4-24-10-16(23-17(24)13(25)3)18(26)22-9-14-8-20-12(2)7-21-14/h7-8,10-11,13,15H,4-6,9H2,1-3H3,(H,22,26)/t11-,13-,15-/m0/s1. The van der Waals surface area contributed by atoms with Gasteiger partial charge in [0.15, 0.2) is 0 Å². The third-order valence-electron chi connectivity index (χ3n) is 5.44. The summed E-state index contributed by atoms with van der Waals surface area (Å²) < 4.78 is 1.98. The molecule has 1 saturated carbocycles. The van der Waals surface area contributed by atoms with E-state index in [4.69, 9.17) is 0 Å². The molecule has 0 unspecified atom stereocenters. The zero-order chi connectivity index (χ0) is 19.1. The third-order valence-corrected chi connectivity index (χ3v) is 5.44. The van der Waals surface area contributed by atoms with Crippen molar-refractivity contribution in [3.8, 4) is 0 Å². The number of hydrogen-bond donors (Lipinski definition) is 1. The molecule has 2 amide bonds. The Hall–Kier alpha value is -2.77. The van der Waals surface area contributed by atoms with Gasteiger partial charge in [0, 0.05) is 31.4 Å². The lowest BCUT2D eigenvalue weighted by molar-refractivity contribution is -0.136. The van der Waals surface area contributed by atoms with E-state index >= 15 is 0 Å². The van der Waals surface area contributed by atoms with Gasteiger partial charge in [-0.1, -0.05) is 6.92 Å². The Labute approximate surface area is 158 Å². The number of fused-ring (bicyclic) bond motifs is 1. The molecule has 0 radical (unpaired) electrons. The van der Waals surface area contributed by atoms with Crippen LogP contribution in [0.2, 0.25) is 0 Å². The number of imidazole rings is 1. The van der Waals surface area contributed by atoms with Crippen LogP contribution in [0.5, 0.6) is 0 Å². The average Bonchev–Trinajstić information content (AvgIpc) is 3.22. The Bertz CT molecular complexity index is 875. The van der Waals surface area contributed by atoms with E-state index in [-0.39, 0.29) is 23.8 Å². The number of nitrogens with one attached hydrogen (secondary N) is 1. The topological polar surface area (TPSA) is 93.0 Å². The van der Waals surface area contributed by atoms with Crippen LogP contribution < -0.4 is 5.32 Å². The molecule has 2 aromatic rings. The fourth-order valence-electron chi connectivity index (χ4n) is 3.55. The first-order valence-electron chi connectivity index (χ1n) is 9.37. The summed E-state index contributed by atoms with van der Waals surface area (Å²) in [6.07, 6.45) is 6.07. The quantitative estimate of drug-likeness (QED) is 0.882. The van der Waals surface area contributed by atoms with Gasteiger partial charge < -0.3 is 14.8 Å². The summed E-state index contributed by atoms with van der Waals surface area (Å²) in [7, 11) is 0. The van der Waals surface area contributed by atoms with Gasteiger partial charge >= 0.3 is 0 Å². The first-order chi connectivity index (χ1) is 12.9. The fraction of sp³-hybridized carbons (Fsp3) is 0.526. The van der Waals surface area contributed by atoms with Crippen LogP contribution in [0.3, 0.4) is 0 Å². The lowest BCUT2D eigenvalue weighted by atomic mass is 10.1. The van der Waals surface area contributed by atoms with Crippen molar-refractivity contribution in [1.29, 1.82) is 0 Å². The van der Waals surface area contributed by atoms with Gasteiger partial charge in [0.1, 0.15) is 11.5 Å². The van der Waals surface area contributed by atoms with Crippen molar-refractivity contribution in [1.82, 2.24) is 29.7 Å². The molecule has 2 aliphatic rings. The van der Waals surface area contributed by atoms with Crippen LogP contribution in [0.15, 0.2) is 18.6 Å². The lowest BCUT2D eigenvalue weighted by Crippen LogP contribution is -2.42. The summed E-state index contributed by atoms with van der Waals surface area (Å²) in [5, 5.41) is 2.83. The number of aryl methyl sites for hydroxylation is 1. The van der Waals surface area contributed by atoms with E-state index in [0.29, 0.717) is 36.9 Å². The molecular weight excluding hydrogens is 344 g/mol. The van der Waals surface area contributed by atoms with Gasteiger partial charge in [-0.15, -0.1) is 0 Å². The molecule has 1 aliphatic heterocycles. The number of carbonyl (C=O) groups excluding carboxylic acids is 2. The lowest BCUT2D eigenvalue weighted by Gasteiger charge is -2.34. The minimum atomic E-state index is -0.250. The van der Waals surface area contributed by atoms with Crippen LogP contribution in [0.1, 0.15) is 54.0 Å². The molecule has 4 rings (SSSR count). The van der Waals surface area contributed by atoms with Crippen molar-refractivity contribution in [3.63, 3.8) is 0 Å². The van der Waals surface area contributed by atoms with E-state index in [1.54, 1.807) is 18.6 Å². The zero-order valence-electron chi connectivity index (χ0n) is 15.8. The summed E-state index contributed by atoms with van der Waals surface area (Å²) >= 11 is 0. The molecule has 1 N–H and O–H groups in total. The summed E-state index contributed by atoms with van der Waals surface area (Å²) in [5.41, 5.74) is 1.90. The van der Waals surface area contributed by atoms with Gasteiger partial charge in [0.2, 0.25) is 5.91 Å². The minimum Gasteiger partial charge on any atom is -0.345 e. The van der Waals surface area contributed by atoms with Crippen molar-refractivity contribution in [2.24, 2.45) is 11.8 Å². The molecule has 8 heteroatoms. The predicted octanol–water partition coefficient (Wildman–Crippen LogP) is 1.47. The van der Waals surface area contributed by atoms with Gasteiger partial charge in [0.25, 0.3) is 5.91 Å². The smallest absolute Gasteiger partial charge is 0.271 e. The molecule has 8 nitrogen and oxygen atoms in total. The number of rotatable bonds is 4. The third kappa shape index (κ3) is 3.43. The Morgan fingerprint density at radius 3 is 2.67 bits per heavy atom. The summed E-state index contributed by atoms with van der Waals surface area (Å²) in [5.74, 6) is 1.38. The Kier molecular flexibility index (Phi) is 4.41. The number of carbonyl (C=O) groups is 2. The van der Waals surface area contributed by atoms with E-state index in [2.05, 4.69) is 27.2 Å². The molecule has 1 fully saturated rings. The maximum absolute atomic E-state index is 12.6. The highest BCUT2D eigenvalue weighted by Gasteiger charge is 2.44. The van der Waals surface area contributed by atoms with Gasteiger partial charge in [-0.2, -0.15) is 0 Å². The first kappa shape index (κ1) is 17.6. The van der Waals surface area contributed by atoms with Gasteiger partial charge in [-0.3, -0.25) is 19.6 Å². The predicted molar refractivity (Wildman–Crippen MR) is 97.6 cm³/mol. The van der Waals surface area contributed by atoms with E-state index in [1.807, 2.05) is 23.3 Å². The summed E-state index contributed by atoms with van der Waals surface area (Å²) in [6.45, 7) is 7.58. The fourth-order valence-corrected chi connectivity index (χ4v) is 3.55. The molecule has 0 aromatic carbocycles. The van der Waals surface area contributed by atoms with Crippen molar-refractivity contribution >= 4 is 11.8 Å². The Morgan fingerprint density at radius 1 is 1.22 bits per heavy atom. The van der Waals surface area contributed by atoms with E-state index in [0.717, 1.165) is 17.9 Å². The normalized spacial score (nSPS) is 23.7. The van der Waals surface area contributed by atoms with Crippen LogP contribution in [0, 0.1) is 18.8 Å². The van der Waals surface area contributed by atoms with Crippen molar-refractivity contribution < 1.29 is 9.59 Å². The molecule has 142 valence electrons.